The number of nitrogens with two attached hydrogens (primary N) is 1. The molecule has 0 fully saturated rings. The van der Waals surface area contributed by atoms with Crippen LogP contribution in [0.15, 0.2) is 24.3 Å². The molecule has 0 aliphatic rings. The molecule has 0 aliphatic carbocycles. The number of hydrogen-bond acceptors (Lipinski definition) is 3. The van der Waals surface area contributed by atoms with E-state index in [2.05, 4.69) is 41.2 Å². The van der Waals surface area contributed by atoms with Crippen LogP contribution < -0.4 is 10.6 Å². The highest BCUT2D eigenvalue weighted by Crippen LogP contribution is 2.28. The Bertz CT molecular complexity index is 628. The van der Waals surface area contributed by atoms with Gasteiger partial charge < -0.3 is 10.6 Å². The fraction of sp³-hybridized carbons (Fsp3) is 0.333. The van der Waals surface area contributed by atoms with Crippen LogP contribution in [-0.2, 0) is 13.5 Å². The maximum Gasteiger partial charge on any atom is 0.141 e. The van der Waals surface area contributed by atoms with Crippen molar-refractivity contribution < 1.29 is 0 Å². The highest BCUT2D eigenvalue weighted by molar-refractivity contribution is 7.80. The number of benzene rings is 1. The molecular formula is C15H20N4S. The second-order valence-electron chi connectivity index (χ2n) is 4.85. The predicted octanol–water partition coefficient (Wildman–Crippen LogP) is 2.69. The van der Waals surface area contributed by atoms with Gasteiger partial charge in [0.15, 0.2) is 0 Å². The molecule has 5 heteroatoms. The number of rotatable bonds is 4. The fourth-order valence-corrected chi connectivity index (χ4v) is 2.64. The molecule has 0 unspecified atom stereocenters. The van der Waals surface area contributed by atoms with Crippen LogP contribution in [0.25, 0.3) is 0 Å². The summed E-state index contributed by atoms with van der Waals surface area (Å²) in [7, 11) is 3.90. The van der Waals surface area contributed by atoms with Crippen LogP contribution in [0.5, 0.6) is 0 Å². The Kier molecular flexibility index (Phi) is 4.09. The number of aromatic nitrogens is 2. The summed E-state index contributed by atoms with van der Waals surface area (Å²) in [5.41, 5.74) is 9.94. The van der Waals surface area contributed by atoms with Gasteiger partial charge in [-0.2, -0.15) is 5.10 Å². The number of aryl methyl sites for hydroxylation is 3. The van der Waals surface area contributed by atoms with Crippen molar-refractivity contribution >= 4 is 28.7 Å². The molecule has 20 heavy (non-hydrogen) atoms. The molecule has 0 spiro atoms. The van der Waals surface area contributed by atoms with Crippen LogP contribution in [0.3, 0.4) is 0 Å². The summed E-state index contributed by atoms with van der Waals surface area (Å²) < 4.78 is 1.82. The van der Waals surface area contributed by atoms with Crippen LogP contribution in [-0.4, -0.2) is 21.8 Å². The molecule has 0 aliphatic heterocycles. The summed E-state index contributed by atoms with van der Waals surface area (Å²) in [5.74, 6) is 0.916. The number of thiocarbonyl (C=S) groups is 1. The maximum absolute atomic E-state index is 5.84. The topological polar surface area (TPSA) is 47.1 Å². The molecule has 0 saturated heterocycles. The van der Waals surface area contributed by atoms with E-state index in [1.54, 1.807) is 0 Å². The Labute approximate surface area is 125 Å². The molecule has 0 radical (unpaired) electrons. The molecule has 1 aromatic carbocycles. The van der Waals surface area contributed by atoms with Gasteiger partial charge in [-0.25, -0.2) is 0 Å². The Morgan fingerprint density at radius 1 is 1.35 bits per heavy atom. The average molecular weight is 288 g/mol. The van der Waals surface area contributed by atoms with Crippen molar-refractivity contribution in [2.45, 2.75) is 20.3 Å². The van der Waals surface area contributed by atoms with Crippen molar-refractivity contribution in [3.63, 3.8) is 0 Å². The zero-order valence-electron chi connectivity index (χ0n) is 12.3. The molecular weight excluding hydrogens is 268 g/mol. The van der Waals surface area contributed by atoms with E-state index in [-0.39, 0.29) is 0 Å². The minimum absolute atomic E-state index is 0.377. The van der Waals surface area contributed by atoms with Crippen LogP contribution in [0.2, 0.25) is 0 Å². The largest absolute Gasteiger partial charge is 0.389 e. The van der Waals surface area contributed by atoms with E-state index >= 15 is 0 Å². The van der Waals surface area contributed by atoms with Crippen LogP contribution in [0, 0.1) is 6.92 Å². The van der Waals surface area contributed by atoms with Gasteiger partial charge in [0.25, 0.3) is 0 Å². The monoisotopic (exact) mass is 288 g/mol. The van der Waals surface area contributed by atoms with Gasteiger partial charge in [0.1, 0.15) is 10.8 Å². The van der Waals surface area contributed by atoms with Gasteiger partial charge in [-0.3, -0.25) is 4.68 Å². The van der Waals surface area contributed by atoms with E-state index in [9.17, 15) is 0 Å². The second kappa shape index (κ2) is 5.63. The fourth-order valence-electron chi connectivity index (χ4n) is 2.40. The van der Waals surface area contributed by atoms with Gasteiger partial charge in [-0.15, -0.1) is 0 Å². The van der Waals surface area contributed by atoms with Gasteiger partial charge in [0, 0.05) is 19.8 Å². The second-order valence-corrected chi connectivity index (χ2v) is 5.29. The van der Waals surface area contributed by atoms with Crippen molar-refractivity contribution in [1.82, 2.24) is 9.78 Å². The van der Waals surface area contributed by atoms with Crippen molar-refractivity contribution in [2.24, 2.45) is 12.8 Å². The van der Waals surface area contributed by atoms with E-state index in [0.717, 1.165) is 29.2 Å². The Morgan fingerprint density at radius 3 is 2.45 bits per heavy atom. The lowest BCUT2D eigenvalue weighted by Crippen LogP contribution is -2.19. The molecule has 106 valence electrons. The van der Waals surface area contributed by atoms with Crippen LogP contribution in [0.4, 0.5) is 11.5 Å². The third kappa shape index (κ3) is 2.54. The van der Waals surface area contributed by atoms with E-state index in [1.807, 2.05) is 25.7 Å². The van der Waals surface area contributed by atoms with Gasteiger partial charge in [-0.05, 0) is 31.0 Å². The predicted molar refractivity (Wildman–Crippen MR) is 87.7 cm³/mol. The third-order valence-corrected chi connectivity index (χ3v) is 3.69. The first-order valence-electron chi connectivity index (χ1n) is 6.61. The molecule has 0 saturated carbocycles. The van der Waals surface area contributed by atoms with E-state index in [4.69, 9.17) is 18.0 Å². The van der Waals surface area contributed by atoms with Crippen molar-refractivity contribution in [1.29, 1.82) is 0 Å². The first-order chi connectivity index (χ1) is 9.45. The summed E-state index contributed by atoms with van der Waals surface area (Å²) in [6.45, 7) is 4.07. The Balaban J connectivity index is 2.47. The van der Waals surface area contributed by atoms with Crippen molar-refractivity contribution in [3.05, 3.63) is 41.1 Å². The zero-order valence-corrected chi connectivity index (χ0v) is 13.2. The van der Waals surface area contributed by atoms with Crippen LogP contribution in [0.1, 0.15) is 23.7 Å². The molecule has 1 heterocycles. The first kappa shape index (κ1) is 14.5. The number of hydrogen-bond donors (Lipinski definition) is 1. The molecule has 4 nitrogen and oxygen atoms in total. The quantitative estimate of drug-likeness (QED) is 0.879. The number of anilines is 2. The highest BCUT2D eigenvalue weighted by atomic mass is 32.1. The standard InChI is InChI=1S/C15H20N4S/c1-5-11-6-8-12(9-7-11)18(3)15-13(14(16)20)10(2)17-19(15)4/h6-9H,5H2,1-4H3,(H2,16,20). The van der Waals surface area contributed by atoms with Gasteiger partial charge >= 0.3 is 0 Å². The zero-order chi connectivity index (χ0) is 14.9. The van der Waals surface area contributed by atoms with E-state index < -0.39 is 0 Å². The van der Waals surface area contributed by atoms with Gasteiger partial charge in [0.2, 0.25) is 0 Å². The van der Waals surface area contributed by atoms with Crippen molar-refractivity contribution in [3.8, 4) is 0 Å². The van der Waals surface area contributed by atoms with Gasteiger partial charge in [-0.1, -0.05) is 31.3 Å². The summed E-state index contributed by atoms with van der Waals surface area (Å²) in [4.78, 5) is 2.44. The average Bonchev–Trinajstić information content (AvgIpc) is 2.72. The summed E-state index contributed by atoms with van der Waals surface area (Å²) in [6.07, 6.45) is 1.03. The van der Waals surface area contributed by atoms with Crippen molar-refractivity contribution in [2.75, 3.05) is 11.9 Å². The maximum atomic E-state index is 5.84. The highest BCUT2D eigenvalue weighted by Gasteiger charge is 2.19. The first-order valence-corrected chi connectivity index (χ1v) is 7.02. The lowest BCUT2D eigenvalue weighted by molar-refractivity contribution is 0.750. The molecule has 1 aromatic heterocycles. The van der Waals surface area contributed by atoms with E-state index in [1.165, 1.54) is 5.56 Å². The minimum atomic E-state index is 0.377. The van der Waals surface area contributed by atoms with E-state index in [0.29, 0.717) is 4.99 Å². The normalized spacial score (nSPS) is 10.6. The minimum Gasteiger partial charge on any atom is -0.389 e. The molecule has 0 atom stereocenters. The third-order valence-electron chi connectivity index (χ3n) is 3.49. The summed E-state index contributed by atoms with van der Waals surface area (Å²) in [6, 6.07) is 8.47. The number of nitrogens with zero attached hydrogens (tertiary/aromatic N) is 3. The lowest BCUT2D eigenvalue weighted by atomic mass is 10.1. The molecule has 0 amide bonds. The lowest BCUT2D eigenvalue weighted by Gasteiger charge is -2.21. The summed E-state index contributed by atoms with van der Waals surface area (Å²) in [5, 5.41) is 4.42. The smallest absolute Gasteiger partial charge is 0.141 e. The molecule has 2 aromatic rings. The molecule has 2 rings (SSSR count). The van der Waals surface area contributed by atoms with Gasteiger partial charge in [0.05, 0.1) is 11.3 Å². The Hall–Kier alpha value is -1.88. The molecule has 0 bridgehead atoms. The summed E-state index contributed by atoms with van der Waals surface area (Å²) >= 11 is 5.16. The Morgan fingerprint density at radius 2 is 1.95 bits per heavy atom. The molecule has 2 N–H and O–H groups in total. The van der Waals surface area contributed by atoms with Crippen LogP contribution >= 0.6 is 12.2 Å². The SMILES string of the molecule is CCc1ccc(N(C)c2c(C(N)=S)c(C)nn2C)cc1.